The van der Waals surface area contributed by atoms with Crippen molar-refractivity contribution in [1.82, 2.24) is 14.9 Å². The van der Waals surface area contributed by atoms with Crippen molar-refractivity contribution >= 4 is 33.7 Å². The molecule has 4 aromatic rings. The monoisotopic (exact) mass is 487 g/mol. The number of carbonyl (C=O) groups excluding carboxylic acids is 2. The normalized spacial score (nSPS) is 18.8. The molecule has 1 aliphatic rings. The molecule has 36 heavy (non-hydrogen) atoms. The van der Waals surface area contributed by atoms with E-state index in [1.165, 1.54) is 19.2 Å². The van der Waals surface area contributed by atoms with Crippen LogP contribution < -0.4 is 5.32 Å². The number of fused-ring (bicyclic) bond motifs is 2. The Labute approximate surface area is 209 Å². The van der Waals surface area contributed by atoms with Crippen molar-refractivity contribution < 1.29 is 18.7 Å². The number of esters is 1. The van der Waals surface area contributed by atoms with Gasteiger partial charge in [0.2, 0.25) is 0 Å². The van der Waals surface area contributed by atoms with Crippen molar-refractivity contribution in [3.05, 3.63) is 77.9 Å². The number of halogens is 1. The Bertz CT molecular complexity index is 1420. The molecule has 1 atom stereocenters. The van der Waals surface area contributed by atoms with Crippen LogP contribution in [0.15, 0.2) is 60.8 Å². The second-order valence-electron chi connectivity index (χ2n) is 9.73. The van der Waals surface area contributed by atoms with Gasteiger partial charge in [0.05, 0.1) is 41.9 Å². The Hall–Kier alpha value is -3.74. The number of ether oxygens (including phenoxy) is 1. The predicted octanol–water partition coefficient (Wildman–Crippen LogP) is 5.47. The highest BCUT2D eigenvalue weighted by atomic mass is 19.1. The summed E-state index contributed by atoms with van der Waals surface area (Å²) < 4.78 is 21.3. The van der Waals surface area contributed by atoms with Gasteiger partial charge in [0.1, 0.15) is 5.82 Å². The number of aromatic nitrogens is 2. The average molecular weight is 488 g/mol. The number of para-hydroxylation sites is 1. The van der Waals surface area contributed by atoms with Crippen LogP contribution in [0.5, 0.6) is 0 Å². The highest BCUT2D eigenvalue weighted by molar-refractivity contribution is 6.06. The molecule has 0 aliphatic heterocycles. The van der Waals surface area contributed by atoms with Crippen LogP contribution in [0.2, 0.25) is 0 Å². The van der Waals surface area contributed by atoms with Crippen molar-refractivity contribution in [2.45, 2.75) is 45.2 Å². The lowest BCUT2D eigenvalue weighted by atomic mass is 9.79. The van der Waals surface area contributed by atoms with E-state index in [0.29, 0.717) is 23.0 Å². The van der Waals surface area contributed by atoms with Crippen molar-refractivity contribution in [1.29, 1.82) is 0 Å². The van der Waals surface area contributed by atoms with Gasteiger partial charge in [-0.3, -0.25) is 14.6 Å². The third kappa shape index (κ3) is 4.83. The molecule has 0 bridgehead atoms. The molecule has 1 amide bonds. The zero-order chi connectivity index (χ0) is 25.2. The number of hydrogen-bond acceptors (Lipinski definition) is 4. The fourth-order valence-corrected chi connectivity index (χ4v) is 5.41. The summed E-state index contributed by atoms with van der Waals surface area (Å²) in [6, 6.07) is 16.4. The van der Waals surface area contributed by atoms with Crippen molar-refractivity contribution in [3.63, 3.8) is 0 Å². The minimum Gasteiger partial charge on any atom is -0.469 e. The highest BCUT2D eigenvalue weighted by Crippen LogP contribution is 2.32. The van der Waals surface area contributed by atoms with Gasteiger partial charge in [0.15, 0.2) is 0 Å². The topological polar surface area (TPSA) is 73.2 Å². The maximum Gasteiger partial charge on any atom is 0.308 e. The van der Waals surface area contributed by atoms with Gasteiger partial charge in [-0.1, -0.05) is 24.3 Å². The minimum atomic E-state index is -0.444. The minimum absolute atomic E-state index is 0.0658. The largest absolute Gasteiger partial charge is 0.469 e. The van der Waals surface area contributed by atoms with Crippen LogP contribution in [0.3, 0.4) is 0 Å². The van der Waals surface area contributed by atoms with Crippen LogP contribution in [0.4, 0.5) is 4.39 Å². The van der Waals surface area contributed by atoms with Gasteiger partial charge in [0, 0.05) is 23.0 Å². The van der Waals surface area contributed by atoms with E-state index in [1.54, 1.807) is 0 Å². The number of methoxy groups -OCH3 is 1. The molecule has 1 fully saturated rings. The number of pyridine rings is 1. The van der Waals surface area contributed by atoms with Crippen LogP contribution in [-0.4, -0.2) is 34.6 Å². The van der Waals surface area contributed by atoms with Crippen molar-refractivity contribution in [2.75, 3.05) is 7.11 Å². The predicted molar refractivity (Wildman–Crippen MR) is 137 cm³/mol. The standard InChI is InChI=1S/C29H30FN3O3/c1-18(19-7-9-21(10-8-19)29(35)36-2)31-28(34)25-16-23(30)15-22-13-14-33(27(22)25)17-24-12-11-20-5-3-4-6-26(20)32-24/h3-6,11-16,18-19,21H,7-10,17H2,1-2H3,(H,31,34)/t18?,19-,21-. The van der Waals surface area contributed by atoms with Crippen molar-refractivity contribution in [2.24, 2.45) is 11.8 Å². The van der Waals surface area contributed by atoms with E-state index in [0.717, 1.165) is 42.3 Å². The van der Waals surface area contributed by atoms with Gasteiger partial charge in [-0.15, -0.1) is 0 Å². The second-order valence-corrected chi connectivity index (χ2v) is 9.73. The molecule has 1 saturated carbocycles. The second kappa shape index (κ2) is 10.1. The van der Waals surface area contributed by atoms with Crippen LogP contribution in [0.1, 0.15) is 48.7 Å². The Kier molecular flexibility index (Phi) is 6.72. The summed E-state index contributed by atoms with van der Waals surface area (Å²) in [6.07, 6.45) is 5.05. The summed E-state index contributed by atoms with van der Waals surface area (Å²) in [6.45, 7) is 2.45. The van der Waals surface area contributed by atoms with E-state index >= 15 is 0 Å². The zero-order valence-electron chi connectivity index (χ0n) is 20.5. The Morgan fingerprint density at radius 2 is 1.86 bits per heavy atom. The smallest absolute Gasteiger partial charge is 0.308 e. The lowest BCUT2D eigenvalue weighted by molar-refractivity contribution is -0.146. The number of benzene rings is 2. The summed E-state index contributed by atoms with van der Waals surface area (Å²) in [4.78, 5) is 30.0. The van der Waals surface area contributed by atoms with E-state index in [1.807, 2.05) is 60.2 Å². The van der Waals surface area contributed by atoms with Gasteiger partial charge in [-0.2, -0.15) is 0 Å². The quantitative estimate of drug-likeness (QED) is 0.366. The number of rotatable bonds is 6. The molecule has 0 saturated heterocycles. The molecule has 1 unspecified atom stereocenters. The van der Waals surface area contributed by atoms with Gasteiger partial charge in [-0.05, 0) is 68.9 Å². The first-order valence-corrected chi connectivity index (χ1v) is 12.4. The van der Waals surface area contributed by atoms with E-state index in [4.69, 9.17) is 9.72 Å². The summed E-state index contributed by atoms with van der Waals surface area (Å²) in [7, 11) is 1.42. The molecule has 6 nitrogen and oxygen atoms in total. The molecule has 1 N–H and O–H groups in total. The Morgan fingerprint density at radius 1 is 1.08 bits per heavy atom. The number of amides is 1. The Morgan fingerprint density at radius 3 is 2.64 bits per heavy atom. The molecule has 0 radical (unpaired) electrons. The van der Waals surface area contributed by atoms with Gasteiger partial charge in [0.25, 0.3) is 5.91 Å². The first-order valence-electron chi connectivity index (χ1n) is 12.4. The number of nitrogens with one attached hydrogen (secondary N) is 1. The summed E-state index contributed by atoms with van der Waals surface area (Å²) in [5, 5.41) is 4.84. The molecule has 2 heterocycles. The number of hydrogen-bond donors (Lipinski definition) is 1. The molecule has 186 valence electrons. The summed E-state index contributed by atoms with van der Waals surface area (Å²) in [5.74, 6) is -0.709. The van der Waals surface area contributed by atoms with E-state index < -0.39 is 5.82 Å². The maximum atomic E-state index is 14.5. The lowest BCUT2D eigenvalue weighted by Gasteiger charge is -2.31. The van der Waals surface area contributed by atoms with Gasteiger partial charge >= 0.3 is 5.97 Å². The van der Waals surface area contributed by atoms with Crippen molar-refractivity contribution in [3.8, 4) is 0 Å². The van der Waals surface area contributed by atoms with Gasteiger partial charge < -0.3 is 14.6 Å². The fourth-order valence-electron chi connectivity index (χ4n) is 5.41. The third-order valence-electron chi connectivity index (χ3n) is 7.43. The Balaban J connectivity index is 1.36. The SMILES string of the molecule is COC(=O)[C@H]1CC[C@H](C(C)NC(=O)c2cc(F)cc3ccn(Cc4ccc5ccccc5n4)c23)CC1. The molecule has 1 aliphatic carbocycles. The van der Waals surface area contributed by atoms with Crippen LogP contribution in [0, 0.1) is 17.7 Å². The third-order valence-corrected chi connectivity index (χ3v) is 7.43. The highest BCUT2D eigenvalue weighted by Gasteiger charge is 2.30. The van der Waals surface area contributed by atoms with Crippen LogP contribution in [0.25, 0.3) is 21.8 Å². The lowest BCUT2D eigenvalue weighted by Crippen LogP contribution is -2.40. The molecule has 2 aromatic heterocycles. The van der Waals surface area contributed by atoms with Crippen LogP contribution >= 0.6 is 0 Å². The average Bonchev–Trinajstić information content (AvgIpc) is 3.29. The molecule has 7 heteroatoms. The molecule has 0 spiro atoms. The summed E-state index contributed by atoms with van der Waals surface area (Å²) in [5.41, 5.74) is 2.76. The molecule has 2 aromatic carbocycles. The van der Waals surface area contributed by atoms with E-state index in [-0.39, 0.29) is 29.8 Å². The maximum absolute atomic E-state index is 14.5. The zero-order valence-corrected chi connectivity index (χ0v) is 20.5. The summed E-state index contributed by atoms with van der Waals surface area (Å²) >= 11 is 0. The van der Waals surface area contributed by atoms with Crippen LogP contribution in [-0.2, 0) is 16.1 Å². The first-order chi connectivity index (χ1) is 17.4. The fraction of sp³-hybridized carbons (Fsp3) is 0.345. The molecule has 5 rings (SSSR count). The molecular weight excluding hydrogens is 457 g/mol. The first kappa shape index (κ1) is 24.0. The molecular formula is C29H30FN3O3. The van der Waals surface area contributed by atoms with E-state index in [2.05, 4.69) is 5.32 Å². The van der Waals surface area contributed by atoms with E-state index in [9.17, 15) is 14.0 Å². The number of carbonyl (C=O) groups is 2. The number of nitrogens with zero attached hydrogens (tertiary/aromatic N) is 2. The van der Waals surface area contributed by atoms with Gasteiger partial charge in [-0.25, -0.2) is 4.39 Å².